The molecule has 1 aromatic heterocycles. The lowest BCUT2D eigenvalue weighted by molar-refractivity contribution is -0.123. The van der Waals surface area contributed by atoms with Crippen molar-refractivity contribution in [3.05, 3.63) is 36.2 Å². The van der Waals surface area contributed by atoms with Gasteiger partial charge in [0.2, 0.25) is 18.1 Å². The number of nitrogens with zero attached hydrogens (tertiary/aromatic N) is 2. The number of hydrogen-bond acceptors (Lipinski definition) is 4. The van der Waals surface area contributed by atoms with Gasteiger partial charge in [-0.05, 0) is 30.2 Å². The van der Waals surface area contributed by atoms with Gasteiger partial charge in [0.25, 0.3) is 0 Å². The molecular formula is C18H21N3O2. The van der Waals surface area contributed by atoms with Crippen molar-refractivity contribution in [3.8, 4) is 11.4 Å². The molecular weight excluding hydrogens is 290 g/mol. The molecule has 23 heavy (non-hydrogen) atoms. The van der Waals surface area contributed by atoms with E-state index in [0.29, 0.717) is 17.8 Å². The number of rotatable bonds is 4. The summed E-state index contributed by atoms with van der Waals surface area (Å²) >= 11 is 0. The van der Waals surface area contributed by atoms with Crippen LogP contribution in [-0.2, 0) is 11.3 Å². The van der Waals surface area contributed by atoms with Crippen molar-refractivity contribution < 1.29 is 9.32 Å². The Morgan fingerprint density at radius 1 is 1.22 bits per heavy atom. The van der Waals surface area contributed by atoms with Crippen LogP contribution >= 0.6 is 0 Å². The van der Waals surface area contributed by atoms with E-state index >= 15 is 0 Å². The summed E-state index contributed by atoms with van der Waals surface area (Å²) in [6.45, 7) is 0.581. The first-order valence-corrected chi connectivity index (χ1v) is 8.40. The Labute approximate surface area is 135 Å². The number of hydrogen-bond donors (Lipinski definition) is 1. The molecule has 2 aromatic rings. The average molecular weight is 311 g/mol. The van der Waals surface area contributed by atoms with Gasteiger partial charge in [-0.2, -0.15) is 4.98 Å². The van der Waals surface area contributed by atoms with Crippen molar-refractivity contribution >= 4 is 5.91 Å². The first kappa shape index (κ1) is 14.4. The zero-order valence-electron chi connectivity index (χ0n) is 13.1. The van der Waals surface area contributed by atoms with E-state index in [2.05, 4.69) is 15.5 Å². The van der Waals surface area contributed by atoms with Crippen LogP contribution in [0.3, 0.4) is 0 Å². The second kappa shape index (κ2) is 5.80. The lowest BCUT2D eigenvalue weighted by Crippen LogP contribution is -2.27. The third-order valence-electron chi connectivity index (χ3n) is 5.40. The maximum absolute atomic E-state index is 12.4. The average Bonchev–Trinajstić information content (AvgIpc) is 3.03. The van der Waals surface area contributed by atoms with Gasteiger partial charge in [0.15, 0.2) is 0 Å². The quantitative estimate of drug-likeness (QED) is 0.940. The van der Waals surface area contributed by atoms with E-state index in [1.54, 1.807) is 0 Å². The van der Waals surface area contributed by atoms with Gasteiger partial charge in [-0.15, -0.1) is 0 Å². The summed E-state index contributed by atoms with van der Waals surface area (Å²) in [5.74, 6) is 1.06. The van der Waals surface area contributed by atoms with Crippen LogP contribution in [0.25, 0.3) is 11.4 Å². The summed E-state index contributed by atoms with van der Waals surface area (Å²) in [5.41, 5.74) is 2.35. The molecule has 5 nitrogen and oxygen atoms in total. The molecule has 2 aliphatic carbocycles. The Kier molecular flexibility index (Phi) is 3.63. The third kappa shape index (κ3) is 2.87. The van der Waals surface area contributed by atoms with Crippen molar-refractivity contribution in [1.29, 1.82) is 0 Å². The van der Waals surface area contributed by atoms with Crippen molar-refractivity contribution in [1.82, 2.24) is 15.5 Å². The van der Waals surface area contributed by atoms with E-state index in [1.807, 2.05) is 24.3 Å². The van der Waals surface area contributed by atoms with Gasteiger partial charge < -0.3 is 9.84 Å². The van der Waals surface area contributed by atoms with Crippen molar-refractivity contribution in [2.24, 2.45) is 11.3 Å². The molecule has 0 radical (unpaired) electrons. The number of aromatic nitrogens is 2. The Morgan fingerprint density at radius 3 is 2.70 bits per heavy atom. The summed E-state index contributed by atoms with van der Waals surface area (Å²) in [4.78, 5) is 16.4. The minimum atomic E-state index is 0.231. The first-order chi connectivity index (χ1) is 11.3. The van der Waals surface area contributed by atoms with Gasteiger partial charge in [-0.25, -0.2) is 0 Å². The Morgan fingerprint density at radius 2 is 2.00 bits per heavy atom. The normalized spacial score (nSPS) is 22.0. The van der Waals surface area contributed by atoms with Gasteiger partial charge in [-0.3, -0.25) is 4.79 Å². The molecule has 2 saturated carbocycles. The summed E-state index contributed by atoms with van der Waals surface area (Å²) in [6.07, 6.45) is 8.82. The maximum atomic E-state index is 12.4. The number of amides is 1. The molecule has 1 aromatic carbocycles. The summed E-state index contributed by atoms with van der Waals surface area (Å²) in [7, 11) is 0. The second-order valence-corrected chi connectivity index (χ2v) is 6.85. The van der Waals surface area contributed by atoms with Crippen LogP contribution < -0.4 is 5.32 Å². The standard InChI is InChI=1S/C18H21N3O2/c22-17(15-10-18(15)8-2-1-3-9-18)19-11-13-4-6-14(7-5-13)16-20-12-23-21-16/h4-7,12,15H,1-3,8-11H2,(H,19,22)/t15-/m0/s1. The SMILES string of the molecule is O=C(NCc1ccc(-c2ncon2)cc1)[C@@H]1CC12CCCCC2. The number of benzene rings is 1. The lowest BCUT2D eigenvalue weighted by atomic mass is 9.84. The highest BCUT2D eigenvalue weighted by Gasteiger charge is 2.57. The second-order valence-electron chi connectivity index (χ2n) is 6.85. The van der Waals surface area contributed by atoms with E-state index in [9.17, 15) is 4.79 Å². The molecule has 1 spiro atoms. The van der Waals surface area contributed by atoms with Gasteiger partial charge >= 0.3 is 0 Å². The van der Waals surface area contributed by atoms with E-state index in [4.69, 9.17) is 4.52 Å². The molecule has 4 rings (SSSR count). The highest BCUT2D eigenvalue weighted by Crippen LogP contribution is 2.61. The monoisotopic (exact) mass is 311 g/mol. The molecule has 0 unspecified atom stereocenters. The van der Waals surface area contributed by atoms with Crippen molar-refractivity contribution in [3.63, 3.8) is 0 Å². The summed E-state index contributed by atoms with van der Waals surface area (Å²) in [5, 5.41) is 6.91. The molecule has 0 bridgehead atoms. The van der Waals surface area contributed by atoms with Crippen LogP contribution in [-0.4, -0.2) is 16.0 Å². The Balaban J connectivity index is 1.32. The first-order valence-electron chi connectivity index (χ1n) is 8.40. The number of carbonyl (C=O) groups is 1. The topological polar surface area (TPSA) is 68.0 Å². The van der Waals surface area contributed by atoms with Gasteiger partial charge in [0, 0.05) is 18.0 Å². The van der Waals surface area contributed by atoms with Crippen LogP contribution in [0.2, 0.25) is 0 Å². The van der Waals surface area contributed by atoms with Gasteiger partial charge in [-0.1, -0.05) is 48.7 Å². The Bertz CT molecular complexity index is 673. The van der Waals surface area contributed by atoms with Crippen molar-refractivity contribution in [2.45, 2.75) is 45.1 Å². The smallest absolute Gasteiger partial charge is 0.223 e. The van der Waals surface area contributed by atoms with Crippen LogP contribution in [0, 0.1) is 11.3 Å². The lowest BCUT2D eigenvalue weighted by Gasteiger charge is -2.22. The van der Waals surface area contributed by atoms with E-state index in [-0.39, 0.29) is 11.8 Å². The van der Waals surface area contributed by atoms with Crippen LogP contribution in [0.5, 0.6) is 0 Å². The van der Waals surface area contributed by atoms with Gasteiger partial charge in [0.05, 0.1) is 0 Å². The molecule has 2 aliphatic rings. The molecule has 0 aliphatic heterocycles. The molecule has 1 atom stereocenters. The van der Waals surface area contributed by atoms with Crippen LogP contribution in [0.4, 0.5) is 0 Å². The highest BCUT2D eigenvalue weighted by atomic mass is 16.5. The maximum Gasteiger partial charge on any atom is 0.223 e. The summed E-state index contributed by atoms with van der Waals surface area (Å²) in [6, 6.07) is 7.89. The Hall–Kier alpha value is -2.17. The minimum Gasteiger partial charge on any atom is -0.352 e. The van der Waals surface area contributed by atoms with E-state index in [1.165, 1.54) is 38.5 Å². The molecule has 1 heterocycles. The van der Waals surface area contributed by atoms with Gasteiger partial charge in [0.1, 0.15) is 0 Å². The highest BCUT2D eigenvalue weighted by molar-refractivity contribution is 5.82. The largest absolute Gasteiger partial charge is 0.352 e. The van der Waals surface area contributed by atoms with Crippen LogP contribution in [0.1, 0.15) is 44.1 Å². The zero-order chi connectivity index (χ0) is 15.7. The minimum absolute atomic E-state index is 0.231. The molecule has 2 fully saturated rings. The van der Waals surface area contributed by atoms with Crippen LogP contribution in [0.15, 0.2) is 35.2 Å². The fourth-order valence-electron chi connectivity index (χ4n) is 3.91. The van der Waals surface area contributed by atoms with Crippen molar-refractivity contribution in [2.75, 3.05) is 0 Å². The molecule has 0 saturated heterocycles. The zero-order valence-corrected chi connectivity index (χ0v) is 13.1. The fraction of sp³-hybridized carbons (Fsp3) is 0.500. The van der Waals surface area contributed by atoms with E-state index < -0.39 is 0 Å². The molecule has 120 valence electrons. The predicted molar refractivity (Wildman–Crippen MR) is 85.2 cm³/mol. The number of nitrogens with one attached hydrogen (secondary N) is 1. The summed E-state index contributed by atoms with van der Waals surface area (Å²) < 4.78 is 4.75. The predicted octanol–water partition coefficient (Wildman–Crippen LogP) is 3.32. The number of carbonyl (C=O) groups excluding carboxylic acids is 1. The molecule has 1 N–H and O–H groups in total. The fourth-order valence-corrected chi connectivity index (χ4v) is 3.91. The molecule has 5 heteroatoms. The molecule has 1 amide bonds. The third-order valence-corrected chi connectivity index (χ3v) is 5.40. The van der Waals surface area contributed by atoms with E-state index in [0.717, 1.165) is 17.5 Å².